The molecule has 0 radical (unpaired) electrons. The molecule has 0 unspecified atom stereocenters. The van der Waals surface area contributed by atoms with Gasteiger partial charge in [-0.3, -0.25) is 4.79 Å². The Hall–Kier alpha value is -2.92. The van der Waals surface area contributed by atoms with Crippen LogP contribution in [0.4, 0.5) is 14.5 Å². The van der Waals surface area contributed by atoms with E-state index in [2.05, 4.69) is 16.2 Å². The first kappa shape index (κ1) is 18.9. The van der Waals surface area contributed by atoms with Gasteiger partial charge in [0.2, 0.25) is 5.43 Å². The molecule has 2 aromatic rings. The minimum absolute atomic E-state index is 0.0910. The first-order valence-electron chi connectivity index (χ1n) is 8.44. The van der Waals surface area contributed by atoms with Crippen molar-refractivity contribution in [2.24, 2.45) is 0 Å². The summed E-state index contributed by atoms with van der Waals surface area (Å²) in [4.78, 5) is 28.6. The Morgan fingerprint density at radius 1 is 1.33 bits per heavy atom. The number of carboxylic acid groups (broad SMARTS) is 1. The number of aromatic carboxylic acids is 1. The Kier molecular flexibility index (Phi) is 4.66. The molecule has 0 bridgehead atoms. The lowest BCUT2D eigenvalue weighted by Crippen LogP contribution is -2.44. The number of benzene rings is 1. The number of fused-ring (bicyclic) bond motifs is 1. The Labute approximate surface area is 154 Å². The second-order valence-electron chi connectivity index (χ2n) is 6.96. The summed E-state index contributed by atoms with van der Waals surface area (Å²) in [7, 11) is 0. The number of halogens is 2. The summed E-state index contributed by atoms with van der Waals surface area (Å²) in [6.07, 6.45) is 5.48. The molecule has 0 amide bonds. The summed E-state index contributed by atoms with van der Waals surface area (Å²) in [6, 6.07) is 0.883. The van der Waals surface area contributed by atoms with Crippen LogP contribution in [0, 0.1) is 24.0 Å². The van der Waals surface area contributed by atoms with Gasteiger partial charge in [-0.15, -0.1) is 6.42 Å². The first-order valence-corrected chi connectivity index (χ1v) is 8.44. The first-order chi connectivity index (χ1) is 12.7. The number of H-pyrrole nitrogens is 1. The maximum atomic E-state index is 15.2. The molecule has 1 aromatic heterocycles. The average Bonchev–Trinajstić information content (AvgIpc) is 2.63. The van der Waals surface area contributed by atoms with Crippen molar-refractivity contribution in [1.29, 1.82) is 0 Å². The van der Waals surface area contributed by atoms with Crippen LogP contribution in [0.1, 0.15) is 29.9 Å². The van der Waals surface area contributed by atoms with Gasteiger partial charge >= 0.3 is 5.97 Å². The van der Waals surface area contributed by atoms with Gasteiger partial charge in [0.15, 0.2) is 5.82 Å². The smallest absolute Gasteiger partial charge is 0.341 e. The van der Waals surface area contributed by atoms with Gasteiger partial charge in [-0.1, -0.05) is 5.92 Å². The summed E-state index contributed by atoms with van der Waals surface area (Å²) in [5.41, 5.74) is -3.34. The summed E-state index contributed by atoms with van der Waals surface area (Å²) >= 11 is 0. The molecule has 3 rings (SSSR count). The highest BCUT2D eigenvalue weighted by Crippen LogP contribution is 2.31. The van der Waals surface area contributed by atoms with Crippen molar-refractivity contribution in [2.45, 2.75) is 19.3 Å². The normalized spacial score (nSPS) is 15.0. The Morgan fingerprint density at radius 2 is 1.96 bits per heavy atom. The van der Waals surface area contributed by atoms with Gasteiger partial charge in [-0.05, 0) is 19.9 Å². The zero-order valence-corrected chi connectivity index (χ0v) is 14.9. The van der Waals surface area contributed by atoms with E-state index in [1.54, 1.807) is 4.90 Å². The molecule has 0 atom stereocenters. The minimum Gasteiger partial charge on any atom is -0.477 e. The molecule has 6 nitrogen and oxygen atoms in total. The van der Waals surface area contributed by atoms with E-state index in [1.165, 1.54) is 13.8 Å². The third kappa shape index (κ3) is 3.04. The van der Waals surface area contributed by atoms with Crippen molar-refractivity contribution in [3.05, 3.63) is 39.2 Å². The average molecular weight is 375 g/mol. The summed E-state index contributed by atoms with van der Waals surface area (Å²) in [5, 5.41) is 12.2. The van der Waals surface area contributed by atoms with Gasteiger partial charge in [0.1, 0.15) is 17.1 Å². The second-order valence-corrected chi connectivity index (χ2v) is 6.96. The van der Waals surface area contributed by atoms with Crippen molar-refractivity contribution in [2.75, 3.05) is 31.1 Å². The van der Waals surface area contributed by atoms with Gasteiger partial charge in [0, 0.05) is 26.2 Å². The standard InChI is InChI=1S/C19H19F2N3O3/c1-4-19(2,3)17-12(18(26)27)16(25)10-9-11(20)15(13(21)14(10)23-17)24-7-5-22-6-8-24/h1,9,22H,5-8H2,2-3H3,(H,23,25)(H,26,27). The van der Waals surface area contributed by atoms with Crippen molar-refractivity contribution in [1.82, 2.24) is 10.3 Å². The molecule has 8 heteroatoms. The van der Waals surface area contributed by atoms with Crippen LogP contribution in [0.15, 0.2) is 10.9 Å². The SMILES string of the molecule is C#CC(C)(C)c1[nH]c2c(F)c(N3CCNCC3)c(F)cc2c(=O)c1C(=O)O. The number of pyridine rings is 1. The number of anilines is 1. The molecule has 27 heavy (non-hydrogen) atoms. The summed E-state index contributed by atoms with van der Waals surface area (Å²) in [5.74, 6) is -0.950. The predicted molar refractivity (Wildman–Crippen MR) is 98.4 cm³/mol. The highest BCUT2D eigenvalue weighted by atomic mass is 19.1. The van der Waals surface area contributed by atoms with Crippen LogP contribution in [0.2, 0.25) is 0 Å². The summed E-state index contributed by atoms with van der Waals surface area (Å²) < 4.78 is 29.9. The molecule has 0 aliphatic carbocycles. The summed E-state index contributed by atoms with van der Waals surface area (Å²) in [6.45, 7) is 5.02. The molecule has 0 spiro atoms. The van der Waals surface area contributed by atoms with E-state index in [4.69, 9.17) is 6.42 Å². The predicted octanol–water partition coefficient (Wildman–Crippen LogP) is 1.82. The van der Waals surface area contributed by atoms with Crippen molar-refractivity contribution in [3.63, 3.8) is 0 Å². The van der Waals surface area contributed by atoms with Crippen LogP contribution in [0.3, 0.4) is 0 Å². The number of piperazine rings is 1. The fourth-order valence-corrected chi connectivity index (χ4v) is 3.27. The lowest BCUT2D eigenvalue weighted by atomic mass is 9.86. The lowest BCUT2D eigenvalue weighted by Gasteiger charge is -2.30. The van der Waals surface area contributed by atoms with E-state index in [0.717, 1.165) is 6.07 Å². The Balaban J connectivity index is 2.39. The van der Waals surface area contributed by atoms with Gasteiger partial charge in [-0.25, -0.2) is 13.6 Å². The Bertz CT molecular complexity index is 1030. The minimum atomic E-state index is -1.51. The van der Waals surface area contributed by atoms with Crippen LogP contribution < -0.4 is 15.6 Å². The van der Waals surface area contributed by atoms with Crippen molar-refractivity contribution in [3.8, 4) is 12.3 Å². The highest BCUT2D eigenvalue weighted by molar-refractivity contribution is 5.95. The fraction of sp³-hybridized carbons (Fsp3) is 0.368. The maximum Gasteiger partial charge on any atom is 0.341 e. The van der Waals surface area contributed by atoms with Crippen LogP contribution in [0.5, 0.6) is 0 Å². The Morgan fingerprint density at radius 3 is 2.52 bits per heavy atom. The lowest BCUT2D eigenvalue weighted by molar-refractivity contribution is 0.0692. The topological polar surface area (TPSA) is 85.4 Å². The molecule has 3 N–H and O–H groups in total. The number of terminal acetylenes is 1. The molecule has 1 saturated heterocycles. The van der Waals surface area contributed by atoms with Crippen molar-refractivity contribution >= 4 is 22.6 Å². The third-order valence-electron chi connectivity index (χ3n) is 4.80. The van der Waals surface area contributed by atoms with E-state index >= 15 is 4.39 Å². The molecule has 1 fully saturated rings. The van der Waals surface area contributed by atoms with Crippen LogP contribution >= 0.6 is 0 Å². The van der Waals surface area contributed by atoms with Gasteiger partial charge in [0.05, 0.1) is 22.0 Å². The second kappa shape index (κ2) is 6.67. The van der Waals surface area contributed by atoms with E-state index in [9.17, 15) is 19.1 Å². The zero-order chi connectivity index (χ0) is 19.9. The number of nitrogens with zero attached hydrogens (tertiary/aromatic N) is 1. The molecule has 1 aliphatic rings. The molecular weight excluding hydrogens is 356 g/mol. The molecule has 1 aliphatic heterocycles. The van der Waals surface area contributed by atoms with Gasteiger partial charge < -0.3 is 20.3 Å². The number of carbonyl (C=O) groups is 1. The van der Waals surface area contributed by atoms with Gasteiger partial charge in [-0.2, -0.15) is 0 Å². The number of hydrogen-bond acceptors (Lipinski definition) is 4. The molecule has 142 valence electrons. The van der Waals surface area contributed by atoms with Gasteiger partial charge in [0.25, 0.3) is 0 Å². The third-order valence-corrected chi connectivity index (χ3v) is 4.80. The number of nitrogens with one attached hydrogen (secondary N) is 2. The van der Waals surface area contributed by atoms with Crippen molar-refractivity contribution < 1.29 is 18.7 Å². The molecule has 2 heterocycles. The zero-order valence-electron chi connectivity index (χ0n) is 14.9. The quantitative estimate of drug-likeness (QED) is 0.713. The number of aromatic amines is 1. The maximum absolute atomic E-state index is 15.2. The molecular formula is C19H19F2N3O3. The monoisotopic (exact) mass is 375 g/mol. The van der Waals surface area contributed by atoms with E-state index in [-0.39, 0.29) is 22.3 Å². The number of rotatable bonds is 3. The van der Waals surface area contributed by atoms with E-state index < -0.39 is 34.0 Å². The highest BCUT2D eigenvalue weighted by Gasteiger charge is 2.31. The fourth-order valence-electron chi connectivity index (χ4n) is 3.27. The largest absolute Gasteiger partial charge is 0.477 e. The number of aromatic nitrogens is 1. The molecule has 1 aromatic carbocycles. The van der Waals surface area contributed by atoms with Crippen LogP contribution in [-0.4, -0.2) is 42.2 Å². The number of hydrogen-bond donors (Lipinski definition) is 3. The molecule has 0 saturated carbocycles. The number of carboxylic acids is 1. The van der Waals surface area contributed by atoms with Crippen LogP contribution in [0.25, 0.3) is 10.9 Å². The van der Waals surface area contributed by atoms with Crippen LogP contribution in [-0.2, 0) is 5.41 Å². The van der Waals surface area contributed by atoms with E-state index in [1.807, 2.05) is 0 Å². The van der Waals surface area contributed by atoms with E-state index in [0.29, 0.717) is 26.2 Å².